The Labute approximate surface area is 127 Å². The largest absolute Gasteiger partial charge is 0.273 e. The molecule has 2 amide bonds. The lowest BCUT2D eigenvalue weighted by molar-refractivity contribution is -0.142. The molecule has 1 aromatic carbocycles. The maximum atomic E-state index is 12.5. The fraction of sp³-hybridized carbons (Fsp3) is 0.529. The third-order valence-electron chi connectivity index (χ3n) is 3.45. The van der Waals surface area contributed by atoms with Crippen LogP contribution in [0.5, 0.6) is 0 Å². The minimum atomic E-state index is -0.477. The molecule has 0 aromatic heterocycles. The zero-order valence-electron chi connectivity index (χ0n) is 14.1. The summed E-state index contributed by atoms with van der Waals surface area (Å²) in [6.07, 6.45) is 0. The van der Waals surface area contributed by atoms with Crippen LogP contribution in [-0.2, 0) is 4.79 Å². The zero-order chi connectivity index (χ0) is 16.4. The summed E-state index contributed by atoms with van der Waals surface area (Å²) in [4.78, 5) is 24.8. The number of benzene rings is 1. The smallest absolute Gasteiger partial charge is 0.270 e. The topological polar surface area (TPSA) is 49.4 Å². The average Bonchev–Trinajstić information content (AvgIpc) is 2.36. The molecule has 0 unspecified atom stereocenters. The number of hydrogen-bond acceptors (Lipinski definition) is 2. The second-order valence-electron chi connectivity index (χ2n) is 6.69. The molecule has 0 spiro atoms. The number of hydrogen-bond donors (Lipinski definition) is 1. The lowest BCUT2D eigenvalue weighted by Crippen LogP contribution is -2.57. The molecule has 1 rings (SSSR count). The summed E-state index contributed by atoms with van der Waals surface area (Å²) in [6.45, 7) is 13.2. The number of rotatable bonds is 2. The molecular formula is C17H26N2O2. The molecule has 0 fully saturated rings. The lowest BCUT2D eigenvalue weighted by atomic mass is 10.0. The molecule has 0 saturated carbocycles. The highest BCUT2D eigenvalue weighted by atomic mass is 16.2. The van der Waals surface area contributed by atoms with Crippen LogP contribution in [0.2, 0.25) is 0 Å². The molecule has 0 heterocycles. The first-order valence-electron chi connectivity index (χ1n) is 7.27. The number of nitrogens with zero attached hydrogens (tertiary/aromatic N) is 1. The predicted octanol–water partition coefficient (Wildman–Crippen LogP) is 3.23. The quantitative estimate of drug-likeness (QED) is 0.850. The highest BCUT2D eigenvalue weighted by molar-refractivity contribution is 5.97. The number of amides is 2. The van der Waals surface area contributed by atoms with Crippen molar-refractivity contribution in [3.8, 4) is 0 Å². The van der Waals surface area contributed by atoms with Crippen molar-refractivity contribution in [1.29, 1.82) is 0 Å². The van der Waals surface area contributed by atoms with Gasteiger partial charge in [-0.25, -0.2) is 5.01 Å². The fourth-order valence-electron chi connectivity index (χ4n) is 1.97. The Hall–Kier alpha value is -1.84. The number of hydrazine groups is 1. The highest BCUT2D eigenvalue weighted by Gasteiger charge is 2.30. The lowest BCUT2D eigenvalue weighted by Gasteiger charge is -2.36. The summed E-state index contributed by atoms with van der Waals surface area (Å²) in [5.74, 6) is -0.524. The van der Waals surface area contributed by atoms with Crippen LogP contribution in [0.4, 0.5) is 0 Å². The molecule has 0 aliphatic rings. The van der Waals surface area contributed by atoms with Crippen LogP contribution in [0.3, 0.4) is 0 Å². The number of carbonyl (C=O) groups is 2. The van der Waals surface area contributed by atoms with Crippen molar-refractivity contribution in [2.75, 3.05) is 0 Å². The number of carbonyl (C=O) groups excluding carboxylic acids is 2. The van der Waals surface area contributed by atoms with Gasteiger partial charge in [0.15, 0.2) is 0 Å². The highest BCUT2D eigenvalue weighted by Crippen LogP contribution is 2.17. The molecule has 0 saturated heterocycles. The van der Waals surface area contributed by atoms with E-state index in [4.69, 9.17) is 0 Å². The standard InChI is InChI=1S/C17H26N2O2/c1-11(2)16(21)19(17(5,6)7)18-15(20)14-10-8-9-12(3)13(14)4/h8-11H,1-7H3,(H,18,20). The van der Waals surface area contributed by atoms with Gasteiger partial charge >= 0.3 is 0 Å². The Bertz CT molecular complexity index is 542. The summed E-state index contributed by atoms with van der Waals surface area (Å²) >= 11 is 0. The molecule has 21 heavy (non-hydrogen) atoms. The van der Waals surface area contributed by atoms with Gasteiger partial charge in [0.05, 0.1) is 5.54 Å². The van der Waals surface area contributed by atoms with E-state index in [1.807, 2.05) is 60.6 Å². The van der Waals surface area contributed by atoms with Crippen molar-refractivity contribution in [3.05, 3.63) is 34.9 Å². The van der Waals surface area contributed by atoms with E-state index in [1.165, 1.54) is 5.01 Å². The van der Waals surface area contributed by atoms with Gasteiger partial charge in [-0.1, -0.05) is 26.0 Å². The van der Waals surface area contributed by atoms with Crippen LogP contribution in [0.25, 0.3) is 0 Å². The van der Waals surface area contributed by atoms with Crippen LogP contribution in [0, 0.1) is 19.8 Å². The van der Waals surface area contributed by atoms with Gasteiger partial charge < -0.3 is 0 Å². The molecular weight excluding hydrogens is 264 g/mol. The van der Waals surface area contributed by atoms with Gasteiger partial charge in [-0.05, 0) is 51.8 Å². The zero-order valence-corrected chi connectivity index (χ0v) is 14.1. The van der Waals surface area contributed by atoms with Gasteiger partial charge in [-0.2, -0.15) is 0 Å². The van der Waals surface area contributed by atoms with Crippen LogP contribution in [-0.4, -0.2) is 22.4 Å². The Morgan fingerprint density at radius 3 is 2.19 bits per heavy atom. The molecule has 0 atom stereocenters. The molecule has 116 valence electrons. The summed E-state index contributed by atoms with van der Waals surface area (Å²) in [5.41, 5.74) is 4.87. The van der Waals surface area contributed by atoms with E-state index in [2.05, 4.69) is 5.43 Å². The molecule has 0 aliphatic carbocycles. The van der Waals surface area contributed by atoms with Gasteiger partial charge in [-0.15, -0.1) is 0 Å². The van der Waals surface area contributed by atoms with Crippen LogP contribution >= 0.6 is 0 Å². The van der Waals surface area contributed by atoms with Gasteiger partial charge in [0.2, 0.25) is 5.91 Å². The SMILES string of the molecule is Cc1cccc(C(=O)NN(C(=O)C(C)C)C(C)(C)C)c1C. The minimum absolute atomic E-state index is 0.0962. The van der Waals surface area contributed by atoms with Crippen molar-refractivity contribution in [2.24, 2.45) is 5.92 Å². The van der Waals surface area contributed by atoms with Crippen molar-refractivity contribution < 1.29 is 9.59 Å². The van der Waals surface area contributed by atoms with E-state index < -0.39 is 5.54 Å². The van der Waals surface area contributed by atoms with E-state index in [9.17, 15) is 9.59 Å². The Kier molecular flexibility index (Phi) is 5.15. The Morgan fingerprint density at radius 2 is 1.71 bits per heavy atom. The van der Waals surface area contributed by atoms with E-state index in [0.717, 1.165) is 11.1 Å². The third kappa shape index (κ3) is 4.06. The molecule has 4 heteroatoms. The van der Waals surface area contributed by atoms with Crippen LogP contribution in [0.1, 0.15) is 56.1 Å². The third-order valence-corrected chi connectivity index (χ3v) is 3.45. The van der Waals surface area contributed by atoms with E-state index in [0.29, 0.717) is 5.56 Å². The second kappa shape index (κ2) is 6.29. The average molecular weight is 290 g/mol. The first-order chi connectivity index (χ1) is 9.55. The Morgan fingerprint density at radius 1 is 1.14 bits per heavy atom. The first-order valence-corrected chi connectivity index (χ1v) is 7.27. The monoisotopic (exact) mass is 290 g/mol. The molecule has 0 aliphatic heterocycles. The van der Waals surface area contributed by atoms with Crippen molar-refractivity contribution in [1.82, 2.24) is 10.4 Å². The van der Waals surface area contributed by atoms with Gasteiger partial charge in [-0.3, -0.25) is 15.0 Å². The van der Waals surface area contributed by atoms with Crippen molar-refractivity contribution >= 4 is 11.8 Å². The maximum absolute atomic E-state index is 12.5. The fourth-order valence-corrected chi connectivity index (χ4v) is 1.97. The molecule has 1 N–H and O–H groups in total. The van der Waals surface area contributed by atoms with Gasteiger partial charge in [0.25, 0.3) is 5.91 Å². The second-order valence-corrected chi connectivity index (χ2v) is 6.69. The molecule has 4 nitrogen and oxygen atoms in total. The van der Waals surface area contributed by atoms with Crippen molar-refractivity contribution in [2.45, 2.75) is 54.0 Å². The number of nitrogens with one attached hydrogen (secondary N) is 1. The summed E-state index contributed by atoms with van der Waals surface area (Å²) < 4.78 is 0. The Balaban J connectivity index is 3.07. The van der Waals surface area contributed by atoms with Crippen LogP contribution < -0.4 is 5.43 Å². The number of aryl methyl sites for hydroxylation is 1. The molecule has 1 aromatic rings. The first kappa shape index (κ1) is 17.2. The normalized spacial score (nSPS) is 11.4. The van der Waals surface area contributed by atoms with E-state index >= 15 is 0 Å². The summed E-state index contributed by atoms with van der Waals surface area (Å²) in [6, 6.07) is 5.59. The minimum Gasteiger partial charge on any atom is -0.273 e. The van der Waals surface area contributed by atoms with Crippen molar-refractivity contribution in [3.63, 3.8) is 0 Å². The molecule has 0 bridgehead atoms. The van der Waals surface area contributed by atoms with E-state index in [-0.39, 0.29) is 17.7 Å². The maximum Gasteiger partial charge on any atom is 0.270 e. The van der Waals surface area contributed by atoms with Gasteiger partial charge in [0.1, 0.15) is 0 Å². The summed E-state index contributed by atoms with van der Waals surface area (Å²) in [5, 5.41) is 1.43. The molecule has 0 radical (unpaired) electrons. The van der Waals surface area contributed by atoms with Gasteiger partial charge in [0, 0.05) is 11.5 Å². The van der Waals surface area contributed by atoms with E-state index in [1.54, 1.807) is 6.07 Å². The van der Waals surface area contributed by atoms with Crippen LogP contribution in [0.15, 0.2) is 18.2 Å². The predicted molar refractivity (Wildman–Crippen MR) is 84.8 cm³/mol. The summed E-state index contributed by atoms with van der Waals surface area (Å²) in [7, 11) is 0.